The molecule has 1 aromatic carbocycles. The van der Waals surface area contributed by atoms with Crippen LogP contribution in [-0.2, 0) is 26.0 Å². The Morgan fingerprint density at radius 3 is 2.71 bits per heavy atom. The van der Waals surface area contributed by atoms with Gasteiger partial charge in [0, 0.05) is 25.7 Å². The molecule has 28 heavy (non-hydrogen) atoms. The number of benzene rings is 1. The van der Waals surface area contributed by atoms with Crippen LogP contribution in [0.5, 0.6) is 0 Å². The van der Waals surface area contributed by atoms with Gasteiger partial charge in [-0.3, -0.25) is 14.5 Å². The van der Waals surface area contributed by atoms with Crippen molar-refractivity contribution in [3.8, 4) is 0 Å². The van der Waals surface area contributed by atoms with Gasteiger partial charge in [-0.2, -0.15) is 0 Å². The van der Waals surface area contributed by atoms with Crippen LogP contribution in [0.1, 0.15) is 25.8 Å². The second kappa shape index (κ2) is 8.16. The summed E-state index contributed by atoms with van der Waals surface area (Å²) in [4.78, 5) is 27.0. The van der Waals surface area contributed by atoms with E-state index in [0.29, 0.717) is 18.5 Å². The summed E-state index contributed by atoms with van der Waals surface area (Å²) in [5, 5.41) is 2.86. The third-order valence-electron chi connectivity index (χ3n) is 5.11. The van der Waals surface area contributed by atoms with Gasteiger partial charge in [-0.1, -0.05) is 32.0 Å². The molecule has 0 radical (unpaired) electrons. The monoisotopic (exact) mass is 411 g/mol. The van der Waals surface area contributed by atoms with Crippen molar-refractivity contribution in [1.82, 2.24) is 14.5 Å². The van der Waals surface area contributed by atoms with Gasteiger partial charge in [0.15, 0.2) is 0 Å². The molecule has 2 heterocycles. The van der Waals surface area contributed by atoms with E-state index in [1.807, 2.05) is 18.7 Å². The van der Waals surface area contributed by atoms with E-state index in [1.165, 1.54) is 6.07 Å². The molecule has 2 saturated heterocycles. The van der Waals surface area contributed by atoms with Crippen LogP contribution in [0.25, 0.3) is 0 Å². The molecule has 2 aliphatic heterocycles. The number of nitrogens with zero attached hydrogens (tertiary/aromatic N) is 2. The first kappa shape index (κ1) is 20.7. The van der Waals surface area contributed by atoms with Crippen molar-refractivity contribution in [2.45, 2.75) is 38.8 Å². The summed E-state index contributed by atoms with van der Waals surface area (Å²) < 4.78 is 39.6. The van der Waals surface area contributed by atoms with Crippen molar-refractivity contribution in [2.24, 2.45) is 5.92 Å². The van der Waals surface area contributed by atoms with Gasteiger partial charge in [-0.15, -0.1) is 0 Å². The lowest BCUT2D eigenvalue weighted by molar-refractivity contribution is -0.131. The van der Waals surface area contributed by atoms with Gasteiger partial charge in [-0.25, -0.2) is 17.1 Å². The minimum Gasteiger partial charge on any atom is -0.352 e. The van der Waals surface area contributed by atoms with Gasteiger partial charge in [0.1, 0.15) is 5.82 Å². The summed E-state index contributed by atoms with van der Waals surface area (Å²) in [5.74, 6) is -1.24. The summed E-state index contributed by atoms with van der Waals surface area (Å²) >= 11 is 0. The SMILES string of the molecule is CC(C)CN1C(=O)[C@@H]2C[C@H](NC(=O)Cc3ccccc3F)CN2CCS1(=O)=O. The zero-order valence-electron chi connectivity index (χ0n) is 16.1. The maximum atomic E-state index is 13.7. The van der Waals surface area contributed by atoms with Gasteiger partial charge >= 0.3 is 0 Å². The first-order valence-electron chi connectivity index (χ1n) is 9.48. The van der Waals surface area contributed by atoms with Crippen molar-refractivity contribution in [3.63, 3.8) is 0 Å². The molecule has 7 nitrogen and oxygen atoms in total. The van der Waals surface area contributed by atoms with Gasteiger partial charge in [0.05, 0.1) is 18.2 Å². The second-order valence-corrected chi connectivity index (χ2v) is 9.87. The average molecular weight is 411 g/mol. The van der Waals surface area contributed by atoms with Crippen LogP contribution < -0.4 is 5.32 Å². The summed E-state index contributed by atoms with van der Waals surface area (Å²) in [6, 6.07) is 5.29. The highest BCUT2D eigenvalue weighted by molar-refractivity contribution is 7.89. The Morgan fingerprint density at radius 1 is 1.32 bits per heavy atom. The number of sulfonamides is 1. The third-order valence-corrected chi connectivity index (χ3v) is 6.81. The van der Waals surface area contributed by atoms with E-state index in [1.54, 1.807) is 18.2 Å². The first-order valence-corrected chi connectivity index (χ1v) is 11.1. The molecule has 2 atom stereocenters. The van der Waals surface area contributed by atoms with E-state index in [2.05, 4.69) is 5.32 Å². The molecule has 9 heteroatoms. The molecule has 0 aromatic heterocycles. The van der Waals surface area contributed by atoms with E-state index in [4.69, 9.17) is 0 Å². The lowest BCUT2D eigenvalue weighted by atomic mass is 10.1. The second-order valence-electron chi connectivity index (χ2n) is 7.86. The zero-order valence-corrected chi connectivity index (χ0v) is 16.9. The Bertz CT molecular complexity index is 858. The molecular formula is C19H26FN3O4S. The predicted octanol–water partition coefficient (Wildman–Crippen LogP) is 0.755. The molecule has 0 aliphatic carbocycles. The Kier molecular flexibility index (Phi) is 6.04. The maximum Gasteiger partial charge on any atom is 0.253 e. The molecule has 0 spiro atoms. The molecule has 2 amide bonds. The summed E-state index contributed by atoms with van der Waals surface area (Å²) in [5.41, 5.74) is 0.317. The summed E-state index contributed by atoms with van der Waals surface area (Å²) in [6.45, 7) is 4.56. The molecule has 0 unspecified atom stereocenters. The number of nitrogens with one attached hydrogen (secondary N) is 1. The fourth-order valence-corrected chi connectivity index (χ4v) is 5.39. The Hall–Kier alpha value is -2.00. The lowest BCUT2D eigenvalue weighted by Gasteiger charge is -2.25. The van der Waals surface area contributed by atoms with Crippen LogP contribution in [0, 0.1) is 11.7 Å². The predicted molar refractivity (Wildman–Crippen MR) is 102 cm³/mol. The quantitative estimate of drug-likeness (QED) is 0.773. The topological polar surface area (TPSA) is 86.8 Å². The van der Waals surface area contributed by atoms with Crippen LogP contribution >= 0.6 is 0 Å². The third kappa shape index (κ3) is 4.52. The van der Waals surface area contributed by atoms with Crippen LogP contribution in [0.3, 0.4) is 0 Å². The Morgan fingerprint density at radius 2 is 2.04 bits per heavy atom. The van der Waals surface area contributed by atoms with Gasteiger partial charge < -0.3 is 5.32 Å². The highest BCUT2D eigenvalue weighted by atomic mass is 32.2. The van der Waals surface area contributed by atoms with E-state index in [0.717, 1.165) is 4.31 Å². The fraction of sp³-hybridized carbons (Fsp3) is 0.579. The molecule has 0 saturated carbocycles. The van der Waals surface area contributed by atoms with Crippen molar-refractivity contribution in [1.29, 1.82) is 0 Å². The molecule has 3 rings (SSSR count). The van der Waals surface area contributed by atoms with Crippen molar-refractivity contribution >= 4 is 21.8 Å². The molecule has 0 bridgehead atoms. The Balaban J connectivity index is 1.66. The number of amides is 2. The van der Waals surface area contributed by atoms with E-state index in [9.17, 15) is 22.4 Å². The highest BCUT2D eigenvalue weighted by Gasteiger charge is 2.45. The van der Waals surface area contributed by atoms with Crippen molar-refractivity contribution in [3.05, 3.63) is 35.6 Å². The van der Waals surface area contributed by atoms with E-state index < -0.39 is 27.8 Å². The molecule has 1 aromatic rings. The van der Waals surface area contributed by atoms with Crippen LogP contribution in [-0.4, -0.2) is 66.9 Å². The fourth-order valence-electron chi connectivity index (χ4n) is 3.79. The normalized spacial score (nSPS) is 24.9. The van der Waals surface area contributed by atoms with Crippen LogP contribution in [0.4, 0.5) is 4.39 Å². The van der Waals surface area contributed by atoms with E-state index in [-0.39, 0.29) is 43.1 Å². The number of halogens is 1. The number of carbonyl (C=O) groups excluding carboxylic acids is 2. The number of fused-ring (bicyclic) bond motifs is 1. The lowest BCUT2D eigenvalue weighted by Crippen LogP contribution is -2.45. The van der Waals surface area contributed by atoms with Crippen LogP contribution in [0.15, 0.2) is 24.3 Å². The molecule has 2 aliphatic rings. The van der Waals surface area contributed by atoms with Gasteiger partial charge in [-0.05, 0) is 24.0 Å². The van der Waals surface area contributed by atoms with Crippen LogP contribution in [0.2, 0.25) is 0 Å². The highest BCUT2D eigenvalue weighted by Crippen LogP contribution is 2.25. The number of hydrogen-bond acceptors (Lipinski definition) is 5. The molecular weight excluding hydrogens is 385 g/mol. The van der Waals surface area contributed by atoms with E-state index >= 15 is 0 Å². The van der Waals surface area contributed by atoms with Crippen molar-refractivity contribution < 1.29 is 22.4 Å². The standard InChI is InChI=1S/C19H26FN3O4S/c1-13(2)11-23-19(25)17-10-15(12-22(17)7-8-28(23,26)27)21-18(24)9-14-5-3-4-6-16(14)20/h3-6,13,15,17H,7-12H2,1-2H3,(H,21,24)/t15-,17-/m0/s1. The molecule has 2 fully saturated rings. The molecule has 154 valence electrons. The van der Waals surface area contributed by atoms with Crippen molar-refractivity contribution in [2.75, 3.05) is 25.4 Å². The zero-order chi connectivity index (χ0) is 20.5. The minimum absolute atomic E-state index is 0.0305. The Labute approximate surface area is 164 Å². The number of hydrogen-bond donors (Lipinski definition) is 1. The minimum atomic E-state index is -3.62. The maximum absolute atomic E-state index is 13.7. The number of rotatable bonds is 5. The smallest absolute Gasteiger partial charge is 0.253 e. The summed E-state index contributed by atoms with van der Waals surface area (Å²) in [6.07, 6.45) is 0.279. The number of carbonyl (C=O) groups is 2. The average Bonchev–Trinajstić information content (AvgIpc) is 2.98. The largest absolute Gasteiger partial charge is 0.352 e. The van der Waals surface area contributed by atoms with Gasteiger partial charge in [0.25, 0.3) is 5.91 Å². The summed E-state index contributed by atoms with van der Waals surface area (Å²) in [7, 11) is -3.62. The molecule has 1 N–H and O–H groups in total. The van der Waals surface area contributed by atoms with Gasteiger partial charge in [0.2, 0.25) is 15.9 Å². The first-order chi connectivity index (χ1) is 13.2.